The fraction of sp³-hybridized carbons (Fsp3) is 0.462. The lowest BCUT2D eigenvalue weighted by Crippen LogP contribution is -2.39. The first kappa shape index (κ1) is 16.9. The van der Waals surface area contributed by atoms with Gasteiger partial charge in [0.05, 0.1) is 11.4 Å². The number of nitrogens with zero attached hydrogens (tertiary/aromatic N) is 1. The van der Waals surface area contributed by atoms with E-state index >= 15 is 0 Å². The normalized spacial score (nSPS) is 15.3. The number of aryl methyl sites for hydroxylation is 1. The first-order valence-corrected chi connectivity index (χ1v) is 9.46. The monoisotopic (exact) mass is 438 g/mol. The van der Waals surface area contributed by atoms with Gasteiger partial charge in [0.1, 0.15) is 0 Å². The second-order valence-electron chi connectivity index (χ2n) is 5.13. The number of hydrogen-bond acceptors (Lipinski definition) is 3. The molecule has 1 fully saturated rings. The third-order valence-corrected chi connectivity index (χ3v) is 6.83. The van der Waals surface area contributed by atoms with Crippen molar-refractivity contribution in [3.8, 4) is 0 Å². The third-order valence-electron chi connectivity index (χ3n) is 3.21. The van der Waals surface area contributed by atoms with Crippen LogP contribution in [0.15, 0.2) is 26.0 Å². The Morgan fingerprint density at radius 1 is 1.33 bits per heavy atom. The summed E-state index contributed by atoms with van der Waals surface area (Å²) in [6.45, 7) is 1.69. The summed E-state index contributed by atoms with van der Waals surface area (Å²) < 4.78 is 27.4. The predicted molar refractivity (Wildman–Crippen MR) is 87.6 cm³/mol. The van der Waals surface area contributed by atoms with Crippen molar-refractivity contribution in [1.29, 1.82) is 0 Å². The van der Waals surface area contributed by atoms with Gasteiger partial charge in [0.25, 0.3) is 0 Å². The van der Waals surface area contributed by atoms with Gasteiger partial charge in [0, 0.05) is 22.0 Å². The van der Waals surface area contributed by atoms with E-state index in [1.54, 1.807) is 12.1 Å². The molecule has 0 aromatic heterocycles. The summed E-state index contributed by atoms with van der Waals surface area (Å²) in [5, 5.41) is 2.78. The van der Waals surface area contributed by atoms with Gasteiger partial charge in [-0.15, -0.1) is 0 Å². The van der Waals surface area contributed by atoms with Crippen LogP contribution in [-0.2, 0) is 14.8 Å². The van der Waals surface area contributed by atoms with Gasteiger partial charge in [-0.05, 0) is 53.4 Å². The molecule has 1 aliphatic rings. The minimum absolute atomic E-state index is 0.140. The highest BCUT2D eigenvalue weighted by molar-refractivity contribution is 9.11. The highest BCUT2D eigenvalue weighted by Gasteiger charge is 2.28. The minimum atomic E-state index is -3.72. The van der Waals surface area contributed by atoms with E-state index in [9.17, 15) is 13.2 Å². The number of hydrogen-bond donors (Lipinski definition) is 1. The molecule has 0 atom stereocenters. The van der Waals surface area contributed by atoms with Gasteiger partial charge in [-0.3, -0.25) is 4.79 Å². The number of likely N-dealkylation sites (N-methyl/N-ethyl adjacent to an activating group) is 1. The van der Waals surface area contributed by atoms with Crippen LogP contribution in [0.2, 0.25) is 0 Å². The van der Waals surface area contributed by atoms with E-state index in [0.717, 1.165) is 22.7 Å². The number of halogens is 2. The molecule has 0 aliphatic heterocycles. The van der Waals surface area contributed by atoms with Crippen LogP contribution >= 0.6 is 31.9 Å². The molecule has 1 aliphatic carbocycles. The maximum atomic E-state index is 12.5. The van der Waals surface area contributed by atoms with Gasteiger partial charge in [-0.25, -0.2) is 8.42 Å². The zero-order chi connectivity index (χ0) is 15.8. The molecule has 0 spiro atoms. The largest absolute Gasteiger partial charge is 0.352 e. The average Bonchev–Trinajstić information content (AvgIpc) is 3.17. The smallest absolute Gasteiger partial charge is 0.244 e. The second-order valence-corrected chi connectivity index (χ2v) is 8.86. The van der Waals surface area contributed by atoms with Gasteiger partial charge in [-0.2, -0.15) is 4.31 Å². The molecule has 1 aromatic carbocycles. The molecule has 1 aromatic rings. The van der Waals surface area contributed by atoms with Crippen molar-refractivity contribution in [1.82, 2.24) is 9.62 Å². The Morgan fingerprint density at radius 2 is 1.95 bits per heavy atom. The van der Waals surface area contributed by atoms with Crippen molar-refractivity contribution >= 4 is 47.8 Å². The average molecular weight is 440 g/mol. The summed E-state index contributed by atoms with van der Waals surface area (Å²) in [5.74, 6) is -0.272. The van der Waals surface area contributed by atoms with Crippen LogP contribution in [0, 0.1) is 6.92 Å². The summed E-state index contributed by atoms with van der Waals surface area (Å²) in [4.78, 5) is 11.9. The highest BCUT2D eigenvalue weighted by atomic mass is 79.9. The standard InChI is InChI=1S/C13H16Br2N2O3S/c1-8-5-11(15)12(6-10(8)14)21(19,20)17(2)7-13(18)16-9-3-4-9/h5-6,9H,3-4,7H2,1-2H3,(H,16,18). The molecule has 0 bridgehead atoms. The molecule has 1 saturated carbocycles. The zero-order valence-corrected chi connectivity index (χ0v) is 15.7. The van der Waals surface area contributed by atoms with E-state index < -0.39 is 10.0 Å². The maximum Gasteiger partial charge on any atom is 0.244 e. The Morgan fingerprint density at radius 3 is 2.52 bits per heavy atom. The lowest BCUT2D eigenvalue weighted by Gasteiger charge is -2.18. The van der Waals surface area contributed by atoms with E-state index in [4.69, 9.17) is 0 Å². The van der Waals surface area contributed by atoms with E-state index in [0.29, 0.717) is 8.95 Å². The molecule has 1 amide bonds. The third kappa shape index (κ3) is 4.06. The lowest BCUT2D eigenvalue weighted by atomic mass is 10.2. The summed E-state index contributed by atoms with van der Waals surface area (Å²) in [7, 11) is -2.32. The number of amides is 1. The molecular formula is C13H16Br2N2O3S. The molecule has 21 heavy (non-hydrogen) atoms. The van der Waals surface area contributed by atoms with E-state index in [1.165, 1.54) is 7.05 Å². The van der Waals surface area contributed by atoms with Crippen LogP contribution in [0.5, 0.6) is 0 Å². The fourth-order valence-corrected chi connectivity index (χ4v) is 4.54. The molecule has 0 heterocycles. The highest BCUT2D eigenvalue weighted by Crippen LogP contribution is 2.30. The van der Waals surface area contributed by atoms with Crippen molar-refractivity contribution in [3.05, 3.63) is 26.6 Å². The van der Waals surface area contributed by atoms with E-state index in [-0.39, 0.29) is 23.4 Å². The van der Waals surface area contributed by atoms with Crippen LogP contribution in [-0.4, -0.2) is 38.3 Å². The molecule has 116 valence electrons. The van der Waals surface area contributed by atoms with Gasteiger partial charge >= 0.3 is 0 Å². The summed E-state index contributed by atoms with van der Waals surface area (Å²) in [6, 6.07) is 3.49. The number of nitrogens with one attached hydrogen (secondary N) is 1. The molecule has 2 rings (SSSR count). The first-order valence-electron chi connectivity index (χ1n) is 6.43. The molecule has 8 heteroatoms. The van der Waals surface area contributed by atoms with Gasteiger partial charge in [-0.1, -0.05) is 15.9 Å². The van der Waals surface area contributed by atoms with Crippen LogP contribution in [0.1, 0.15) is 18.4 Å². The molecule has 0 unspecified atom stereocenters. The van der Waals surface area contributed by atoms with Crippen LogP contribution in [0.25, 0.3) is 0 Å². The minimum Gasteiger partial charge on any atom is -0.352 e. The Kier molecular flexibility index (Phi) is 5.12. The number of benzene rings is 1. The summed E-state index contributed by atoms with van der Waals surface area (Å²) in [6.07, 6.45) is 1.94. The van der Waals surface area contributed by atoms with Crippen LogP contribution < -0.4 is 5.32 Å². The lowest BCUT2D eigenvalue weighted by molar-refractivity contribution is -0.121. The Hall–Kier alpha value is -0.440. The number of rotatable bonds is 5. The second kappa shape index (κ2) is 6.36. The quantitative estimate of drug-likeness (QED) is 0.765. The molecule has 5 nitrogen and oxygen atoms in total. The van der Waals surface area contributed by atoms with E-state index in [1.807, 2.05) is 6.92 Å². The van der Waals surface area contributed by atoms with Crippen molar-refractivity contribution in [2.45, 2.75) is 30.7 Å². The fourth-order valence-electron chi connectivity index (χ4n) is 1.78. The number of sulfonamides is 1. The van der Waals surface area contributed by atoms with Gasteiger partial charge in [0.2, 0.25) is 15.9 Å². The number of carbonyl (C=O) groups excluding carboxylic acids is 1. The first-order chi connectivity index (χ1) is 9.71. The van der Waals surface area contributed by atoms with Crippen molar-refractivity contribution in [3.63, 3.8) is 0 Å². The zero-order valence-electron chi connectivity index (χ0n) is 11.7. The predicted octanol–water partition coefficient (Wildman–Crippen LogP) is 2.42. The maximum absolute atomic E-state index is 12.5. The van der Waals surface area contributed by atoms with Crippen LogP contribution in [0.3, 0.4) is 0 Å². The number of carbonyl (C=O) groups is 1. The van der Waals surface area contributed by atoms with Crippen molar-refractivity contribution < 1.29 is 13.2 Å². The Bertz CT molecular complexity index is 672. The van der Waals surface area contributed by atoms with E-state index in [2.05, 4.69) is 37.2 Å². The molecular weight excluding hydrogens is 424 g/mol. The molecule has 0 radical (unpaired) electrons. The van der Waals surface area contributed by atoms with Gasteiger partial charge < -0.3 is 5.32 Å². The molecule has 0 saturated heterocycles. The van der Waals surface area contributed by atoms with Crippen molar-refractivity contribution in [2.24, 2.45) is 0 Å². The Balaban J connectivity index is 2.20. The SMILES string of the molecule is Cc1cc(Br)c(S(=O)(=O)N(C)CC(=O)NC2CC2)cc1Br. The Labute approximate surface area is 141 Å². The van der Waals surface area contributed by atoms with Crippen LogP contribution in [0.4, 0.5) is 0 Å². The summed E-state index contributed by atoms with van der Waals surface area (Å²) >= 11 is 6.61. The van der Waals surface area contributed by atoms with Gasteiger partial charge in [0.15, 0.2) is 0 Å². The van der Waals surface area contributed by atoms with Crippen molar-refractivity contribution in [2.75, 3.05) is 13.6 Å². The summed E-state index contributed by atoms with van der Waals surface area (Å²) in [5.41, 5.74) is 0.926. The topological polar surface area (TPSA) is 66.5 Å². The molecule has 1 N–H and O–H groups in total.